The summed E-state index contributed by atoms with van der Waals surface area (Å²) in [5.41, 5.74) is 0. The Morgan fingerprint density at radius 2 is 1.67 bits per heavy atom. The maximum Gasteiger partial charge on any atom is 0.0564 e. The number of aliphatic hydroxyl groups excluding tert-OH is 2. The van der Waals surface area contributed by atoms with Crippen molar-refractivity contribution in [1.29, 1.82) is 0 Å². The topological polar surface area (TPSA) is 40.5 Å². The standard InChI is InChI=1S/C9H18.C7H16O2/c1-4-7-8-9(5-2)6-3;1-3-4-7(9)5-6(2)8/h5,9H,2,4,6-8H2,1,3H3;6-9H,3-5H2,1-2H3. The number of allylic oxidation sites excluding steroid dienone is 1. The van der Waals surface area contributed by atoms with Gasteiger partial charge in [0.05, 0.1) is 12.2 Å². The summed E-state index contributed by atoms with van der Waals surface area (Å²) in [6.07, 6.45) is 8.93. The molecule has 0 aromatic heterocycles. The second kappa shape index (κ2) is 14.7. The highest BCUT2D eigenvalue weighted by Gasteiger charge is 2.05. The van der Waals surface area contributed by atoms with Gasteiger partial charge in [0.2, 0.25) is 0 Å². The van der Waals surface area contributed by atoms with Crippen molar-refractivity contribution in [3.8, 4) is 0 Å². The largest absolute Gasteiger partial charge is 0.393 e. The Balaban J connectivity index is 0. The highest BCUT2D eigenvalue weighted by Crippen LogP contribution is 2.12. The molecule has 18 heavy (non-hydrogen) atoms. The van der Waals surface area contributed by atoms with Crippen molar-refractivity contribution in [3.63, 3.8) is 0 Å². The molecule has 3 unspecified atom stereocenters. The van der Waals surface area contributed by atoms with Crippen LogP contribution in [-0.4, -0.2) is 22.4 Å². The third-order valence-corrected chi connectivity index (χ3v) is 3.02. The Labute approximate surface area is 114 Å². The zero-order valence-corrected chi connectivity index (χ0v) is 12.9. The molecule has 0 saturated carbocycles. The molecule has 0 aromatic carbocycles. The molecule has 0 amide bonds. The Morgan fingerprint density at radius 1 is 1.06 bits per heavy atom. The SMILES string of the molecule is C=CC(CC)CCCC.CCCC(O)CC(C)O. The minimum Gasteiger partial charge on any atom is -0.393 e. The first kappa shape index (κ1) is 20.0. The highest BCUT2D eigenvalue weighted by atomic mass is 16.3. The third-order valence-electron chi connectivity index (χ3n) is 3.02. The summed E-state index contributed by atoms with van der Waals surface area (Å²) in [7, 11) is 0. The van der Waals surface area contributed by atoms with Crippen LogP contribution in [0, 0.1) is 5.92 Å². The Kier molecular flexibility index (Phi) is 16.3. The van der Waals surface area contributed by atoms with Gasteiger partial charge in [0.1, 0.15) is 0 Å². The minimum atomic E-state index is -0.369. The van der Waals surface area contributed by atoms with Crippen molar-refractivity contribution in [3.05, 3.63) is 12.7 Å². The molecule has 0 radical (unpaired) electrons. The molecule has 0 bridgehead atoms. The summed E-state index contributed by atoms with van der Waals surface area (Å²) in [6.45, 7) is 12.0. The molecule has 2 heteroatoms. The summed E-state index contributed by atoms with van der Waals surface area (Å²) >= 11 is 0. The van der Waals surface area contributed by atoms with E-state index in [9.17, 15) is 0 Å². The maximum atomic E-state index is 9.06. The predicted molar refractivity (Wildman–Crippen MR) is 80.7 cm³/mol. The third kappa shape index (κ3) is 15.7. The van der Waals surface area contributed by atoms with E-state index in [0.29, 0.717) is 6.42 Å². The maximum absolute atomic E-state index is 9.06. The van der Waals surface area contributed by atoms with Crippen LogP contribution in [0.3, 0.4) is 0 Å². The van der Waals surface area contributed by atoms with Gasteiger partial charge in [0.25, 0.3) is 0 Å². The van der Waals surface area contributed by atoms with Crippen molar-refractivity contribution >= 4 is 0 Å². The van der Waals surface area contributed by atoms with Gasteiger partial charge in [-0.2, -0.15) is 0 Å². The van der Waals surface area contributed by atoms with Crippen LogP contribution in [0.25, 0.3) is 0 Å². The average molecular weight is 258 g/mol. The second-order valence-electron chi connectivity index (χ2n) is 5.07. The lowest BCUT2D eigenvalue weighted by atomic mass is 10.00. The Morgan fingerprint density at radius 3 is 2.00 bits per heavy atom. The zero-order valence-electron chi connectivity index (χ0n) is 12.9. The lowest BCUT2D eigenvalue weighted by Gasteiger charge is -2.09. The summed E-state index contributed by atoms with van der Waals surface area (Å²) in [5, 5.41) is 17.8. The second-order valence-corrected chi connectivity index (χ2v) is 5.07. The quantitative estimate of drug-likeness (QED) is 0.605. The molecule has 0 aliphatic heterocycles. The van der Waals surface area contributed by atoms with Crippen LogP contribution < -0.4 is 0 Å². The fourth-order valence-corrected chi connectivity index (χ4v) is 1.80. The van der Waals surface area contributed by atoms with E-state index in [2.05, 4.69) is 26.5 Å². The van der Waals surface area contributed by atoms with E-state index in [1.807, 2.05) is 6.92 Å². The van der Waals surface area contributed by atoms with Crippen LogP contribution in [0.2, 0.25) is 0 Å². The lowest BCUT2D eigenvalue weighted by Crippen LogP contribution is -2.13. The number of hydrogen-bond acceptors (Lipinski definition) is 2. The van der Waals surface area contributed by atoms with Crippen molar-refractivity contribution in [2.75, 3.05) is 0 Å². The molecule has 0 spiro atoms. The molecular weight excluding hydrogens is 224 g/mol. The smallest absolute Gasteiger partial charge is 0.0564 e. The molecule has 110 valence electrons. The summed E-state index contributed by atoms with van der Waals surface area (Å²) in [6, 6.07) is 0. The fourth-order valence-electron chi connectivity index (χ4n) is 1.80. The zero-order chi connectivity index (χ0) is 14.4. The summed E-state index contributed by atoms with van der Waals surface area (Å²) < 4.78 is 0. The molecule has 3 atom stereocenters. The van der Waals surface area contributed by atoms with E-state index in [0.717, 1.165) is 18.8 Å². The van der Waals surface area contributed by atoms with E-state index in [-0.39, 0.29) is 12.2 Å². The van der Waals surface area contributed by atoms with E-state index in [1.165, 1.54) is 25.7 Å². The van der Waals surface area contributed by atoms with E-state index in [1.54, 1.807) is 6.92 Å². The Hall–Kier alpha value is -0.340. The van der Waals surface area contributed by atoms with Crippen LogP contribution in [-0.2, 0) is 0 Å². The predicted octanol–water partition coefficient (Wildman–Crippen LogP) is 4.31. The van der Waals surface area contributed by atoms with Crippen molar-refractivity contribution in [2.45, 2.75) is 84.8 Å². The molecule has 2 nitrogen and oxygen atoms in total. The van der Waals surface area contributed by atoms with Crippen molar-refractivity contribution < 1.29 is 10.2 Å². The first-order valence-corrected chi connectivity index (χ1v) is 7.50. The molecule has 0 fully saturated rings. The van der Waals surface area contributed by atoms with Crippen molar-refractivity contribution in [1.82, 2.24) is 0 Å². The monoisotopic (exact) mass is 258 g/mol. The van der Waals surface area contributed by atoms with E-state index < -0.39 is 0 Å². The van der Waals surface area contributed by atoms with Gasteiger partial charge in [-0.1, -0.05) is 46.1 Å². The van der Waals surface area contributed by atoms with Crippen LogP contribution in [0.5, 0.6) is 0 Å². The number of hydrogen-bond donors (Lipinski definition) is 2. The molecule has 0 saturated heterocycles. The Bertz CT molecular complexity index is 166. The van der Waals surface area contributed by atoms with Gasteiger partial charge in [-0.25, -0.2) is 0 Å². The van der Waals surface area contributed by atoms with Gasteiger partial charge < -0.3 is 10.2 Å². The van der Waals surface area contributed by atoms with Crippen LogP contribution in [0.15, 0.2) is 12.7 Å². The van der Waals surface area contributed by atoms with Crippen LogP contribution >= 0.6 is 0 Å². The van der Waals surface area contributed by atoms with Gasteiger partial charge in [0.15, 0.2) is 0 Å². The summed E-state index contributed by atoms with van der Waals surface area (Å²) in [5.74, 6) is 0.768. The van der Waals surface area contributed by atoms with Gasteiger partial charge in [-0.3, -0.25) is 0 Å². The lowest BCUT2D eigenvalue weighted by molar-refractivity contribution is 0.0848. The number of rotatable bonds is 9. The van der Waals surface area contributed by atoms with Gasteiger partial charge in [0, 0.05) is 0 Å². The minimum absolute atomic E-state index is 0.310. The van der Waals surface area contributed by atoms with Crippen LogP contribution in [0.4, 0.5) is 0 Å². The fraction of sp³-hybridized carbons (Fsp3) is 0.875. The van der Waals surface area contributed by atoms with Gasteiger partial charge in [-0.15, -0.1) is 6.58 Å². The molecule has 0 aliphatic rings. The molecule has 0 aromatic rings. The molecule has 2 N–H and O–H groups in total. The first-order chi connectivity index (χ1) is 8.51. The first-order valence-electron chi connectivity index (χ1n) is 7.50. The number of aliphatic hydroxyl groups is 2. The van der Waals surface area contributed by atoms with E-state index in [4.69, 9.17) is 10.2 Å². The highest BCUT2D eigenvalue weighted by molar-refractivity contribution is 4.77. The summed E-state index contributed by atoms with van der Waals surface area (Å²) in [4.78, 5) is 0. The average Bonchev–Trinajstić information content (AvgIpc) is 2.30. The molecule has 0 heterocycles. The molecular formula is C16H34O2. The van der Waals surface area contributed by atoms with Gasteiger partial charge >= 0.3 is 0 Å². The van der Waals surface area contributed by atoms with Gasteiger partial charge in [-0.05, 0) is 38.5 Å². The normalized spacial score (nSPS) is 15.2. The van der Waals surface area contributed by atoms with Crippen molar-refractivity contribution in [2.24, 2.45) is 5.92 Å². The number of unbranched alkanes of at least 4 members (excludes halogenated alkanes) is 1. The molecule has 0 rings (SSSR count). The molecule has 0 aliphatic carbocycles. The van der Waals surface area contributed by atoms with E-state index >= 15 is 0 Å². The van der Waals surface area contributed by atoms with Crippen LogP contribution in [0.1, 0.15) is 72.6 Å².